The highest BCUT2D eigenvalue weighted by Crippen LogP contribution is 2.30. The van der Waals surface area contributed by atoms with Crippen molar-refractivity contribution in [3.63, 3.8) is 0 Å². The molecule has 3 N–H and O–H groups in total. The van der Waals surface area contributed by atoms with Crippen LogP contribution in [-0.4, -0.2) is 36.0 Å². The first-order chi connectivity index (χ1) is 16.5. The Morgan fingerprint density at radius 3 is 2.68 bits per heavy atom. The van der Waals surface area contributed by atoms with Crippen molar-refractivity contribution in [3.05, 3.63) is 66.7 Å². The third-order valence-corrected chi connectivity index (χ3v) is 6.79. The van der Waals surface area contributed by atoms with Gasteiger partial charge >= 0.3 is 0 Å². The lowest BCUT2D eigenvalue weighted by Gasteiger charge is -2.13. The summed E-state index contributed by atoms with van der Waals surface area (Å²) in [7, 11) is 3.24. The predicted octanol–water partition coefficient (Wildman–Crippen LogP) is 5.85. The number of thioether (sulfide) groups is 1. The van der Waals surface area contributed by atoms with Crippen molar-refractivity contribution >= 4 is 73.1 Å². The van der Waals surface area contributed by atoms with E-state index in [1.165, 1.54) is 23.1 Å². The first-order valence-electron chi connectivity index (χ1n) is 10.2. The summed E-state index contributed by atoms with van der Waals surface area (Å²) in [5.41, 5.74) is 2.42. The number of rotatable bonds is 8. The molecule has 0 aliphatic heterocycles. The number of para-hydroxylation sites is 2. The van der Waals surface area contributed by atoms with Gasteiger partial charge < -0.3 is 25.4 Å². The van der Waals surface area contributed by atoms with Crippen LogP contribution in [0.4, 0.5) is 16.5 Å². The van der Waals surface area contributed by atoms with Crippen molar-refractivity contribution in [2.24, 2.45) is 0 Å². The number of amides is 1. The number of ether oxygens (including phenoxy) is 2. The number of thiocarbonyl (C=S) groups is 1. The number of benzene rings is 3. The molecule has 0 atom stereocenters. The number of nitrogens with zero attached hydrogens (tertiary/aromatic N) is 1. The molecule has 3 aromatic carbocycles. The maximum absolute atomic E-state index is 12.5. The van der Waals surface area contributed by atoms with E-state index in [0.29, 0.717) is 16.0 Å². The number of methoxy groups -OCH3 is 2. The van der Waals surface area contributed by atoms with E-state index in [0.717, 1.165) is 32.2 Å². The Hall–Kier alpha value is -3.34. The number of nitrogens with one attached hydrogen (secondary N) is 3. The molecule has 1 amide bonds. The number of thiazole rings is 1. The first-order valence-corrected chi connectivity index (χ1v) is 12.4. The zero-order chi connectivity index (χ0) is 23.9. The van der Waals surface area contributed by atoms with Gasteiger partial charge in [-0.1, -0.05) is 29.5 Å². The van der Waals surface area contributed by atoms with Gasteiger partial charge in [-0.05, 0) is 60.7 Å². The molecule has 174 valence electrons. The summed E-state index contributed by atoms with van der Waals surface area (Å²) in [5.74, 6) is 1.60. The van der Waals surface area contributed by atoms with Crippen molar-refractivity contribution in [3.8, 4) is 11.5 Å². The molecule has 0 fully saturated rings. The van der Waals surface area contributed by atoms with Gasteiger partial charge in [-0.25, -0.2) is 4.98 Å². The highest BCUT2D eigenvalue weighted by Gasteiger charge is 2.10. The second-order valence-corrected chi connectivity index (χ2v) is 9.48. The molecule has 0 saturated carbocycles. The lowest BCUT2D eigenvalue weighted by atomic mass is 10.3. The smallest absolute Gasteiger partial charge is 0.236 e. The molecule has 4 aromatic rings. The van der Waals surface area contributed by atoms with Crippen LogP contribution in [-0.2, 0) is 4.79 Å². The summed E-state index contributed by atoms with van der Waals surface area (Å²) in [6, 6.07) is 20.9. The van der Waals surface area contributed by atoms with Gasteiger partial charge in [0.15, 0.2) is 10.2 Å². The minimum absolute atomic E-state index is 0.122. The van der Waals surface area contributed by atoms with E-state index in [2.05, 4.69) is 20.9 Å². The maximum Gasteiger partial charge on any atom is 0.236 e. The van der Waals surface area contributed by atoms with Crippen molar-refractivity contribution in [2.45, 2.75) is 4.90 Å². The molecule has 0 radical (unpaired) electrons. The SMILES string of the molecule is COc1ccc2nc(NC(=O)CSc3cccc(NC(=S)Nc4ccccc4OC)c3)sc2c1. The van der Waals surface area contributed by atoms with Gasteiger partial charge in [0.05, 0.1) is 35.9 Å². The Morgan fingerprint density at radius 2 is 1.85 bits per heavy atom. The Labute approximate surface area is 210 Å². The van der Waals surface area contributed by atoms with E-state index in [1.54, 1.807) is 14.2 Å². The Bertz CT molecular complexity index is 1330. The molecule has 0 aliphatic rings. The summed E-state index contributed by atoms with van der Waals surface area (Å²) in [6.45, 7) is 0. The van der Waals surface area contributed by atoms with Crippen molar-refractivity contribution in [1.82, 2.24) is 4.98 Å². The lowest BCUT2D eigenvalue weighted by Crippen LogP contribution is -2.19. The van der Waals surface area contributed by atoms with Crippen LogP contribution in [0.15, 0.2) is 71.6 Å². The number of fused-ring (bicyclic) bond motifs is 1. The Balaban J connectivity index is 1.31. The zero-order valence-corrected chi connectivity index (χ0v) is 20.9. The summed E-state index contributed by atoms with van der Waals surface area (Å²) in [6.07, 6.45) is 0. The van der Waals surface area contributed by atoms with Crippen LogP contribution in [0.1, 0.15) is 0 Å². The summed E-state index contributed by atoms with van der Waals surface area (Å²) < 4.78 is 11.5. The van der Waals surface area contributed by atoms with Crippen LogP contribution < -0.4 is 25.4 Å². The van der Waals surface area contributed by atoms with Gasteiger partial charge in [-0.2, -0.15) is 0 Å². The van der Waals surface area contributed by atoms with Crippen LogP contribution in [0.5, 0.6) is 11.5 Å². The largest absolute Gasteiger partial charge is 0.497 e. The molecule has 10 heteroatoms. The van der Waals surface area contributed by atoms with E-state index in [-0.39, 0.29) is 11.7 Å². The van der Waals surface area contributed by atoms with Gasteiger partial charge in [0, 0.05) is 10.6 Å². The fourth-order valence-corrected chi connectivity index (χ4v) is 4.98. The second-order valence-electron chi connectivity index (χ2n) is 7.00. The fraction of sp³-hybridized carbons (Fsp3) is 0.125. The maximum atomic E-state index is 12.5. The second kappa shape index (κ2) is 11.2. The van der Waals surface area contributed by atoms with E-state index in [4.69, 9.17) is 21.7 Å². The zero-order valence-electron chi connectivity index (χ0n) is 18.5. The minimum atomic E-state index is -0.122. The number of carbonyl (C=O) groups is 1. The highest BCUT2D eigenvalue weighted by atomic mass is 32.2. The van der Waals surface area contributed by atoms with E-state index >= 15 is 0 Å². The van der Waals surface area contributed by atoms with Gasteiger partial charge in [-0.3, -0.25) is 4.79 Å². The molecule has 0 bridgehead atoms. The van der Waals surface area contributed by atoms with Crippen LogP contribution >= 0.6 is 35.3 Å². The molecule has 1 heterocycles. The standard InChI is InChI=1S/C24H22N4O3S3/c1-30-16-10-11-19-21(13-16)34-24(27-19)28-22(29)14-33-17-7-5-6-15(12-17)25-23(32)26-18-8-3-4-9-20(18)31-2/h3-13H,14H2,1-2H3,(H2,25,26,32)(H,27,28,29). The Morgan fingerprint density at radius 1 is 1.00 bits per heavy atom. The van der Waals surface area contributed by atoms with Crippen molar-refractivity contribution < 1.29 is 14.3 Å². The molecule has 1 aromatic heterocycles. The van der Waals surface area contributed by atoms with Gasteiger partial charge in [0.2, 0.25) is 5.91 Å². The molecule has 0 spiro atoms. The number of aromatic nitrogens is 1. The highest BCUT2D eigenvalue weighted by molar-refractivity contribution is 8.00. The van der Waals surface area contributed by atoms with Crippen molar-refractivity contribution in [1.29, 1.82) is 0 Å². The third kappa shape index (κ3) is 6.16. The third-order valence-electron chi connectivity index (χ3n) is 4.66. The van der Waals surface area contributed by atoms with Crippen LogP contribution in [0, 0.1) is 0 Å². The number of anilines is 3. The van der Waals surface area contributed by atoms with Crippen LogP contribution in [0.2, 0.25) is 0 Å². The van der Waals surface area contributed by atoms with Gasteiger partial charge in [-0.15, -0.1) is 11.8 Å². The average molecular weight is 511 g/mol. The molecule has 0 saturated heterocycles. The normalized spacial score (nSPS) is 10.5. The molecule has 7 nitrogen and oxygen atoms in total. The first kappa shape index (κ1) is 23.8. The summed E-state index contributed by atoms with van der Waals surface area (Å²) in [5, 5.41) is 10.2. The molecule has 34 heavy (non-hydrogen) atoms. The molecular weight excluding hydrogens is 488 g/mol. The average Bonchev–Trinajstić information content (AvgIpc) is 3.24. The quantitative estimate of drug-likeness (QED) is 0.201. The molecule has 0 aliphatic carbocycles. The molecular formula is C24H22N4O3S3. The topological polar surface area (TPSA) is 84.5 Å². The number of hydrogen-bond acceptors (Lipinski definition) is 7. The Kier molecular flexibility index (Phi) is 7.84. The molecule has 4 rings (SSSR count). The molecule has 0 unspecified atom stereocenters. The van der Waals surface area contributed by atoms with Crippen molar-refractivity contribution in [2.75, 3.05) is 35.9 Å². The van der Waals surface area contributed by atoms with Gasteiger partial charge in [0.25, 0.3) is 0 Å². The number of hydrogen-bond donors (Lipinski definition) is 3. The monoisotopic (exact) mass is 510 g/mol. The van der Waals surface area contributed by atoms with Gasteiger partial charge in [0.1, 0.15) is 11.5 Å². The fourth-order valence-electron chi connectivity index (χ4n) is 3.09. The van der Waals surface area contributed by atoms with E-state index < -0.39 is 0 Å². The van der Waals surface area contributed by atoms with E-state index in [9.17, 15) is 4.79 Å². The van der Waals surface area contributed by atoms with Crippen LogP contribution in [0.3, 0.4) is 0 Å². The predicted molar refractivity (Wildman–Crippen MR) is 145 cm³/mol. The van der Waals surface area contributed by atoms with Crippen LogP contribution in [0.25, 0.3) is 10.2 Å². The minimum Gasteiger partial charge on any atom is -0.497 e. The summed E-state index contributed by atoms with van der Waals surface area (Å²) >= 11 is 8.28. The lowest BCUT2D eigenvalue weighted by molar-refractivity contribution is -0.113. The summed E-state index contributed by atoms with van der Waals surface area (Å²) in [4.78, 5) is 17.9. The van der Waals surface area contributed by atoms with E-state index in [1.807, 2.05) is 66.7 Å². The number of carbonyl (C=O) groups excluding carboxylic acids is 1.